The monoisotopic (exact) mass is 402 g/mol. The van der Waals surface area contributed by atoms with Crippen LogP contribution in [0.3, 0.4) is 0 Å². The molecule has 0 atom stereocenters. The number of hydrogen-bond acceptors (Lipinski definition) is 3. The molecule has 2 aromatic heterocycles. The van der Waals surface area contributed by atoms with Gasteiger partial charge in [-0.2, -0.15) is 0 Å². The molecule has 1 aliphatic rings. The molecule has 5 nitrogen and oxygen atoms in total. The average molecular weight is 403 g/mol. The van der Waals surface area contributed by atoms with E-state index in [1.54, 1.807) is 24.5 Å². The number of fused-ring (bicyclic) bond motifs is 1. The number of amides is 1. The van der Waals surface area contributed by atoms with E-state index in [2.05, 4.69) is 50.6 Å². The normalized spacial score (nSPS) is 15.7. The topological polar surface area (TPSA) is 61.0 Å². The largest absolute Gasteiger partial charge is 0.361 e. The summed E-state index contributed by atoms with van der Waals surface area (Å²) in [6.07, 6.45) is 13.6. The minimum atomic E-state index is -0.0432. The van der Waals surface area contributed by atoms with Gasteiger partial charge in [-0.1, -0.05) is 24.3 Å². The van der Waals surface area contributed by atoms with Crippen molar-refractivity contribution in [1.29, 1.82) is 0 Å². The van der Waals surface area contributed by atoms with E-state index >= 15 is 0 Å². The van der Waals surface area contributed by atoms with Gasteiger partial charge in [0.15, 0.2) is 0 Å². The van der Waals surface area contributed by atoms with Crippen molar-refractivity contribution in [2.75, 3.05) is 26.2 Å². The van der Waals surface area contributed by atoms with Crippen molar-refractivity contribution >= 4 is 22.9 Å². The van der Waals surface area contributed by atoms with Gasteiger partial charge in [-0.15, -0.1) is 0 Å². The van der Waals surface area contributed by atoms with Gasteiger partial charge in [-0.05, 0) is 80.6 Å². The number of aromatic amines is 1. The highest BCUT2D eigenvalue weighted by atomic mass is 16.1. The third kappa shape index (κ3) is 5.36. The minimum Gasteiger partial charge on any atom is -0.361 e. The number of unbranched alkanes of at least 4 members (excludes halogenated alkanes) is 1. The number of carbonyl (C=O) groups is 1. The Labute approximate surface area is 178 Å². The number of hydrogen-bond donors (Lipinski definition) is 2. The molecule has 156 valence electrons. The average Bonchev–Trinajstić information content (AvgIpc) is 3.23. The van der Waals surface area contributed by atoms with Crippen LogP contribution in [0.2, 0.25) is 0 Å². The Kier molecular flexibility index (Phi) is 6.93. The van der Waals surface area contributed by atoms with Gasteiger partial charge in [0, 0.05) is 42.1 Å². The number of benzene rings is 1. The molecule has 1 aliphatic heterocycles. The maximum Gasteiger partial charge on any atom is 0.243 e. The number of nitrogens with one attached hydrogen (secondary N) is 2. The molecule has 3 aromatic rings. The van der Waals surface area contributed by atoms with Crippen LogP contribution in [0, 0.1) is 0 Å². The Morgan fingerprint density at radius 2 is 2.03 bits per heavy atom. The zero-order valence-electron chi connectivity index (χ0n) is 17.4. The Morgan fingerprint density at radius 3 is 2.87 bits per heavy atom. The second kappa shape index (κ2) is 10.2. The van der Waals surface area contributed by atoms with E-state index in [0.717, 1.165) is 44.6 Å². The first-order valence-corrected chi connectivity index (χ1v) is 10.9. The summed E-state index contributed by atoms with van der Waals surface area (Å²) in [5.41, 5.74) is 3.66. The predicted octanol–water partition coefficient (Wildman–Crippen LogP) is 4.35. The van der Waals surface area contributed by atoms with Gasteiger partial charge >= 0.3 is 0 Å². The lowest BCUT2D eigenvalue weighted by Gasteiger charge is -2.32. The van der Waals surface area contributed by atoms with Crippen LogP contribution in [0.4, 0.5) is 0 Å². The first-order chi connectivity index (χ1) is 14.8. The van der Waals surface area contributed by atoms with Gasteiger partial charge in [0.05, 0.1) is 0 Å². The zero-order chi connectivity index (χ0) is 20.6. The number of pyridine rings is 1. The quantitative estimate of drug-likeness (QED) is 0.435. The van der Waals surface area contributed by atoms with Gasteiger partial charge < -0.3 is 15.2 Å². The number of likely N-dealkylation sites (tertiary alicyclic amines) is 1. The van der Waals surface area contributed by atoms with Crippen LogP contribution in [0.1, 0.15) is 42.7 Å². The van der Waals surface area contributed by atoms with Gasteiger partial charge in [0.2, 0.25) is 5.91 Å². The molecule has 1 fully saturated rings. The smallest absolute Gasteiger partial charge is 0.243 e. The molecule has 4 rings (SSSR count). The molecule has 30 heavy (non-hydrogen) atoms. The van der Waals surface area contributed by atoms with Crippen LogP contribution in [-0.2, 0) is 4.79 Å². The zero-order valence-corrected chi connectivity index (χ0v) is 17.4. The second-order valence-electron chi connectivity index (χ2n) is 8.02. The maximum atomic E-state index is 11.9. The molecule has 0 spiro atoms. The molecule has 0 radical (unpaired) electrons. The summed E-state index contributed by atoms with van der Waals surface area (Å²) in [5.74, 6) is 0.613. The van der Waals surface area contributed by atoms with E-state index in [1.165, 1.54) is 29.3 Å². The number of H-pyrrole nitrogens is 1. The van der Waals surface area contributed by atoms with Crippen LogP contribution in [0.25, 0.3) is 17.0 Å². The summed E-state index contributed by atoms with van der Waals surface area (Å²) in [4.78, 5) is 21.9. The Balaban J connectivity index is 1.12. The summed E-state index contributed by atoms with van der Waals surface area (Å²) in [7, 11) is 0. The fourth-order valence-corrected chi connectivity index (χ4v) is 4.28. The van der Waals surface area contributed by atoms with Gasteiger partial charge in [-0.3, -0.25) is 9.78 Å². The highest BCUT2D eigenvalue weighted by Gasteiger charge is 2.22. The highest BCUT2D eigenvalue weighted by molar-refractivity contribution is 5.91. The molecule has 5 heteroatoms. The van der Waals surface area contributed by atoms with Crippen molar-refractivity contribution in [2.45, 2.75) is 31.6 Å². The van der Waals surface area contributed by atoms with Gasteiger partial charge in [0.25, 0.3) is 0 Å². The summed E-state index contributed by atoms with van der Waals surface area (Å²) < 4.78 is 0. The second-order valence-corrected chi connectivity index (χ2v) is 8.02. The van der Waals surface area contributed by atoms with E-state index in [9.17, 15) is 4.79 Å². The maximum absolute atomic E-state index is 11.9. The van der Waals surface area contributed by atoms with E-state index in [1.807, 2.05) is 12.1 Å². The number of aromatic nitrogens is 2. The first kappa shape index (κ1) is 20.4. The molecule has 1 aromatic carbocycles. The number of nitrogens with zero attached hydrogens (tertiary/aromatic N) is 2. The van der Waals surface area contributed by atoms with Crippen LogP contribution in [-0.4, -0.2) is 47.0 Å². The van der Waals surface area contributed by atoms with Crippen molar-refractivity contribution in [3.8, 4) is 0 Å². The molecule has 0 bridgehead atoms. The lowest BCUT2D eigenvalue weighted by atomic mass is 9.89. The predicted molar refractivity (Wildman–Crippen MR) is 122 cm³/mol. The van der Waals surface area contributed by atoms with Crippen molar-refractivity contribution < 1.29 is 4.79 Å². The minimum absolute atomic E-state index is 0.0432. The Bertz CT molecular complexity index is 971. The number of carbonyl (C=O) groups excluding carboxylic acids is 1. The summed E-state index contributed by atoms with van der Waals surface area (Å²) in [6, 6.07) is 12.4. The third-order valence-electron chi connectivity index (χ3n) is 5.96. The molecule has 1 saturated heterocycles. The number of piperidine rings is 1. The fourth-order valence-electron chi connectivity index (χ4n) is 4.28. The van der Waals surface area contributed by atoms with Crippen molar-refractivity contribution in [3.63, 3.8) is 0 Å². The van der Waals surface area contributed by atoms with E-state index < -0.39 is 0 Å². The summed E-state index contributed by atoms with van der Waals surface area (Å²) in [5, 5.41) is 4.34. The van der Waals surface area contributed by atoms with Crippen molar-refractivity contribution in [2.24, 2.45) is 0 Å². The number of para-hydroxylation sites is 1. The molecular formula is C25H30N4O. The van der Waals surface area contributed by atoms with Crippen LogP contribution < -0.4 is 5.32 Å². The molecule has 0 unspecified atom stereocenters. The fraction of sp³-hybridized carbons (Fsp3) is 0.360. The molecule has 2 N–H and O–H groups in total. The van der Waals surface area contributed by atoms with Crippen molar-refractivity contribution in [3.05, 3.63) is 72.2 Å². The van der Waals surface area contributed by atoms with Crippen LogP contribution in [0.15, 0.2) is 61.1 Å². The molecular weight excluding hydrogens is 372 g/mol. The molecule has 0 saturated carbocycles. The van der Waals surface area contributed by atoms with E-state index in [0.29, 0.717) is 5.92 Å². The third-order valence-corrected chi connectivity index (χ3v) is 5.96. The van der Waals surface area contributed by atoms with Crippen LogP contribution >= 0.6 is 0 Å². The lowest BCUT2D eigenvalue weighted by Crippen LogP contribution is -2.34. The van der Waals surface area contributed by atoms with Crippen molar-refractivity contribution in [1.82, 2.24) is 20.2 Å². The first-order valence-electron chi connectivity index (χ1n) is 10.9. The Morgan fingerprint density at radius 1 is 1.17 bits per heavy atom. The molecule has 1 amide bonds. The van der Waals surface area contributed by atoms with Crippen LogP contribution in [0.5, 0.6) is 0 Å². The highest BCUT2D eigenvalue weighted by Crippen LogP contribution is 2.33. The van der Waals surface area contributed by atoms with Gasteiger partial charge in [-0.25, -0.2) is 0 Å². The standard InChI is InChI=1S/C25H30N4O/c30-25(10-9-20-6-5-13-26-18-20)27-14-3-4-15-29-16-11-21(12-17-29)23-19-28-24-8-2-1-7-22(23)24/h1-2,5-10,13,18-19,21,28H,3-4,11-12,14-17H2,(H,27,30)/b10-9-. The Hall–Kier alpha value is -2.92. The van der Waals surface area contributed by atoms with Gasteiger partial charge in [0.1, 0.15) is 0 Å². The molecule has 0 aliphatic carbocycles. The lowest BCUT2D eigenvalue weighted by molar-refractivity contribution is -0.116. The summed E-state index contributed by atoms with van der Waals surface area (Å²) in [6.45, 7) is 4.15. The summed E-state index contributed by atoms with van der Waals surface area (Å²) >= 11 is 0. The number of rotatable bonds is 8. The SMILES string of the molecule is O=C(/C=C\c1cccnc1)NCCCCN1CCC(c2c[nH]c3ccccc23)CC1. The van der Waals surface area contributed by atoms with E-state index in [4.69, 9.17) is 0 Å². The van der Waals surface area contributed by atoms with E-state index in [-0.39, 0.29) is 5.91 Å². The molecule has 3 heterocycles.